The van der Waals surface area contributed by atoms with E-state index in [1.54, 1.807) is 7.11 Å². The maximum atomic E-state index is 9.49. The van der Waals surface area contributed by atoms with Gasteiger partial charge < -0.3 is 25.1 Å². The average molecular weight is 283 g/mol. The van der Waals surface area contributed by atoms with E-state index in [4.69, 9.17) is 19.9 Å². The summed E-state index contributed by atoms with van der Waals surface area (Å²) in [6, 6.07) is 9.48. The zero-order valence-corrected chi connectivity index (χ0v) is 12.1. The quantitative estimate of drug-likeness (QED) is 0.590. The van der Waals surface area contributed by atoms with E-state index >= 15 is 0 Å². The van der Waals surface area contributed by atoms with E-state index < -0.39 is 5.54 Å². The minimum absolute atomic E-state index is 0.161. The molecule has 1 rings (SSSR count). The second-order valence-corrected chi connectivity index (χ2v) is 4.69. The highest BCUT2D eigenvalue weighted by Gasteiger charge is 2.26. The fraction of sp³-hybridized carbons (Fsp3) is 0.600. The van der Waals surface area contributed by atoms with Crippen molar-refractivity contribution in [1.82, 2.24) is 0 Å². The smallest absolute Gasteiger partial charge is 0.0881 e. The van der Waals surface area contributed by atoms with E-state index in [2.05, 4.69) is 0 Å². The van der Waals surface area contributed by atoms with Gasteiger partial charge in [-0.15, -0.1) is 0 Å². The first-order valence-electron chi connectivity index (χ1n) is 6.82. The molecule has 0 saturated carbocycles. The molecule has 0 aromatic heterocycles. The molecule has 1 aromatic carbocycles. The molecule has 0 aliphatic rings. The summed E-state index contributed by atoms with van der Waals surface area (Å²) in [5.74, 6) is 0. The highest BCUT2D eigenvalue weighted by Crippen LogP contribution is 2.17. The monoisotopic (exact) mass is 283 g/mol. The molecule has 0 saturated heterocycles. The maximum absolute atomic E-state index is 9.49. The third kappa shape index (κ3) is 5.98. The van der Waals surface area contributed by atoms with Crippen LogP contribution in [0.3, 0.4) is 0 Å². The molecule has 0 spiro atoms. The first-order chi connectivity index (χ1) is 9.73. The minimum atomic E-state index is -0.864. The molecule has 0 radical (unpaired) electrons. The zero-order valence-electron chi connectivity index (χ0n) is 12.1. The van der Waals surface area contributed by atoms with Gasteiger partial charge in [-0.3, -0.25) is 0 Å². The van der Waals surface area contributed by atoms with Crippen molar-refractivity contribution in [2.45, 2.75) is 12.0 Å². The lowest BCUT2D eigenvalue weighted by Crippen LogP contribution is -2.45. The van der Waals surface area contributed by atoms with Gasteiger partial charge in [-0.1, -0.05) is 30.3 Å². The molecule has 1 aromatic rings. The lowest BCUT2D eigenvalue weighted by atomic mass is 9.93. The predicted molar refractivity (Wildman–Crippen MR) is 77.5 cm³/mol. The molecule has 0 amide bonds. The van der Waals surface area contributed by atoms with E-state index in [-0.39, 0.29) is 13.2 Å². The van der Waals surface area contributed by atoms with Gasteiger partial charge >= 0.3 is 0 Å². The minimum Gasteiger partial charge on any atom is -0.394 e. The molecule has 0 aliphatic carbocycles. The molecule has 5 heteroatoms. The van der Waals surface area contributed by atoms with Gasteiger partial charge in [0.2, 0.25) is 0 Å². The van der Waals surface area contributed by atoms with Gasteiger partial charge in [0.15, 0.2) is 0 Å². The van der Waals surface area contributed by atoms with Crippen LogP contribution in [-0.4, -0.2) is 51.9 Å². The number of aliphatic hydroxyl groups excluding tert-OH is 1. The number of methoxy groups -OCH3 is 1. The van der Waals surface area contributed by atoms with E-state index in [0.717, 1.165) is 12.0 Å². The van der Waals surface area contributed by atoms with Crippen molar-refractivity contribution in [3.63, 3.8) is 0 Å². The molecule has 0 bridgehead atoms. The molecule has 20 heavy (non-hydrogen) atoms. The van der Waals surface area contributed by atoms with E-state index in [0.29, 0.717) is 26.4 Å². The van der Waals surface area contributed by atoms with E-state index in [1.165, 1.54) is 0 Å². The Morgan fingerprint density at radius 1 is 1.05 bits per heavy atom. The standard InChI is InChI=1S/C15H25NO4/c1-18-8-5-9-19-10-11-20-13-15(16,12-17)14-6-3-2-4-7-14/h2-4,6-7,17H,5,8-13,16H2,1H3. The molecule has 114 valence electrons. The van der Waals surface area contributed by atoms with Crippen LogP contribution < -0.4 is 5.73 Å². The van der Waals surface area contributed by atoms with Crippen molar-refractivity contribution in [1.29, 1.82) is 0 Å². The maximum Gasteiger partial charge on any atom is 0.0881 e. The van der Waals surface area contributed by atoms with Crippen LogP contribution in [0.2, 0.25) is 0 Å². The van der Waals surface area contributed by atoms with Gasteiger partial charge in [0.25, 0.3) is 0 Å². The predicted octanol–water partition coefficient (Wildman–Crippen LogP) is 0.903. The second-order valence-electron chi connectivity index (χ2n) is 4.69. The van der Waals surface area contributed by atoms with Crippen molar-refractivity contribution in [3.8, 4) is 0 Å². The zero-order chi connectivity index (χ0) is 14.7. The summed E-state index contributed by atoms with van der Waals surface area (Å²) in [4.78, 5) is 0. The van der Waals surface area contributed by atoms with Crippen molar-refractivity contribution >= 4 is 0 Å². The van der Waals surface area contributed by atoms with E-state index in [9.17, 15) is 5.11 Å². The van der Waals surface area contributed by atoms with Crippen LogP contribution in [0.15, 0.2) is 30.3 Å². The number of hydrogen-bond acceptors (Lipinski definition) is 5. The molecular weight excluding hydrogens is 258 g/mol. The van der Waals surface area contributed by atoms with Gasteiger partial charge in [-0.2, -0.15) is 0 Å². The molecule has 0 fully saturated rings. The molecule has 3 N–H and O–H groups in total. The molecule has 1 atom stereocenters. The summed E-state index contributed by atoms with van der Waals surface area (Å²) in [5.41, 5.74) is 6.17. The SMILES string of the molecule is COCCCOCCOCC(N)(CO)c1ccccc1. The number of benzene rings is 1. The third-order valence-electron chi connectivity index (χ3n) is 3.00. The van der Waals surface area contributed by atoms with Crippen LogP contribution in [0.1, 0.15) is 12.0 Å². The molecule has 5 nitrogen and oxygen atoms in total. The second kappa shape index (κ2) is 9.85. The summed E-state index contributed by atoms with van der Waals surface area (Å²) in [7, 11) is 1.67. The first-order valence-corrected chi connectivity index (χ1v) is 6.82. The Morgan fingerprint density at radius 3 is 2.40 bits per heavy atom. The Labute approximate surface area is 120 Å². The van der Waals surface area contributed by atoms with Crippen LogP contribution in [0, 0.1) is 0 Å². The highest BCUT2D eigenvalue weighted by molar-refractivity contribution is 5.24. The highest BCUT2D eigenvalue weighted by atomic mass is 16.5. The lowest BCUT2D eigenvalue weighted by Gasteiger charge is -2.27. The van der Waals surface area contributed by atoms with Crippen molar-refractivity contribution in [2.75, 3.05) is 46.8 Å². The number of ether oxygens (including phenoxy) is 3. The molecule has 0 heterocycles. The van der Waals surface area contributed by atoms with Crippen molar-refractivity contribution in [3.05, 3.63) is 35.9 Å². The Hall–Kier alpha value is -0.980. The van der Waals surface area contributed by atoms with Crippen molar-refractivity contribution in [2.24, 2.45) is 5.73 Å². The van der Waals surface area contributed by atoms with E-state index in [1.807, 2.05) is 30.3 Å². The Morgan fingerprint density at radius 2 is 1.75 bits per heavy atom. The molecule has 0 aliphatic heterocycles. The summed E-state index contributed by atoms with van der Waals surface area (Å²) >= 11 is 0. The average Bonchev–Trinajstić information content (AvgIpc) is 2.50. The van der Waals surface area contributed by atoms with Gasteiger partial charge in [0, 0.05) is 20.3 Å². The number of hydrogen-bond donors (Lipinski definition) is 2. The topological polar surface area (TPSA) is 73.9 Å². The summed E-state index contributed by atoms with van der Waals surface area (Å²) in [5, 5.41) is 9.49. The van der Waals surface area contributed by atoms with Crippen LogP contribution in [0.25, 0.3) is 0 Å². The Balaban J connectivity index is 2.22. The summed E-state index contributed by atoms with van der Waals surface area (Å²) in [6.45, 7) is 2.42. The molecular formula is C15H25NO4. The fourth-order valence-electron chi connectivity index (χ4n) is 1.77. The Kier molecular flexibility index (Phi) is 8.41. The number of rotatable bonds is 11. The van der Waals surface area contributed by atoms with Gasteiger partial charge in [-0.25, -0.2) is 0 Å². The van der Waals surface area contributed by atoms with Crippen LogP contribution in [-0.2, 0) is 19.7 Å². The van der Waals surface area contributed by atoms with Gasteiger partial charge in [-0.05, 0) is 12.0 Å². The van der Waals surface area contributed by atoms with Crippen LogP contribution in [0.4, 0.5) is 0 Å². The Bertz CT molecular complexity index is 347. The number of aliphatic hydroxyl groups is 1. The van der Waals surface area contributed by atoms with Gasteiger partial charge in [0.1, 0.15) is 0 Å². The fourth-order valence-corrected chi connectivity index (χ4v) is 1.77. The first kappa shape index (κ1) is 17.1. The summed E-state index contributed by atoms with van der Waals surface area (Å²) < 4.78 is 15.8. The van der Waals surface area contributed by atoms with Crippen LogP contribution in [0.5, 0.6) is 0 Å². The molecule has 1 unspecified atom stereocenters. The van der Waals surface area contributed by atoms with Gasteiger partial charge in [0.05, 0.1) is 32.0 Å². The largest absolute Gasteiger partial charge is 0.394 e. The number of nitrogens with two attached hydrogens (primary N) is 1. The lowest BCUT2D eigenvalue weighted by molar-refractivity contribution is 0.00965. The van der Waals surface area contributed by atoms with Crippen molar-refractivity contribution < 1.29 is 19.3 Å². The summed E-state index contributed by atoms with van der Waals surface area (Å²) in [6.07, 6.45) is 0.873. The van der Waals surface area contributed by atoms with Crippen LogP contribution >= 0.6 is 0 Å². The normalized spacial score (nSPS) is 14.2. The third-order valence-corrected chi connectivity index (χ3v) is 3.00.